The molecule has 0 saturated carbocycles. The number of aliphatic carboxylic acids is 1. The number of rotatable bonds is 6. The molecule has 0 saturated heterocycles. The Kier molecular flexibility index (Phi) is 5.68. The minimum atomic E-state index is -1.25. The molecule has 0 aliphatic rings. The molecule has 0 spiro atoms. The van der Waals surface area contributed by atoms with Crippen molar-refractivity contribution in [3.05, 3.63) is 34.9 Å². The number of nitrogens with one attached hydrogen (secondary N) is 1. The van der Waals surface area contributed by atoms with E-state index in [4.69, 9.17) is 16.3 Å². The number of carbonyl (C=O) groups excluding carboxylic acids is 1. The van der Waals surface area contributed by atoms with Gasteiger partial charge in [0.15, 0.2) is 0 Å². The number of benzene rings is 1. The highest BCUT2D eigenvalue weighted by Crippen LogP contribution is 2.24. The summed E-state index contributed by atoms with van der Waals surface area (Å²) in [7, 11) is 4.06. The molecule has 5 heteroatoms. The molecule has 1 aromatic carbocycles. The molecule has 18 heavy (non-hydrogen) atoms. The molecule has 0 unspecified atom stereocenters. The highest BCUT2D eigenvalue weighted by molar-refractivity contribution is 6.30. The lowest BCUT2D eigenvalue weighted by Crippen LogP contribution is -3.06. The molecule has 0 heterocycles. The van der Waals surface area contributed by atoms with Gasteiger partial charge in [0, 0.05) is 10.6 Å². The lowest BCUT2D eigenvalue weighted by atomic mass is 10.2. The van der Waals surface area contributed by atoms with E-state index in [1.54, 1.807) is 18.2 Å². The van der Waals surface area contributed by atoms with Gasteiger partial charge in [-0.25, -0.2) is 0 Å². The quantitative estimate of drug-likeness (QED) is 0.717. The first-order valence-corrected chi connectivity index (χ1v) is 5.97. The number of carbonyl (C=O) groups is 1. The van der Waals surface area contributed by atoms with Crippen molar-refractivity contribution >= 4 is 23.6 Å². The van der Waals surface area contributed by atoms with E-state index in [1.807, 2.05) is 14.1 Å². The van der Waals surface area contributed by atoms with Crippen molar-refractivity contribution in [2.24, 2.45) is 0 Å². The Morgan fingerprint density at radius 1 is 1.50 bits per heavy atom. The van der Waals surface area contributed by atoms with Crippen LogP contribution in [0.25, 0.3) is 6.08 Å². The fraction of sp³-hybridized carbons (Fsp3) is 0.308. The monoisotopic (exact) mass is 269 g/mol. The summed E-state index contributed by atoms with van der Waals surface area (Å²) in [6.45, 7) is 1.41. The lowest BCUT2D eigenvalue weighted by Gasteiger charge is -2.11. The van der Waals surface area contributed by atoms with Gasteiger partial charge in [-0.2, -0.15) is 0 Å². The summed E-state index contributed by atoms with van der Waals surface area (Å²) in [5, 5.41) is 10.9. The predicted molar refractivity (Wildman–Crippen MR) is 68.7 cm³/mol. The van der Waals surface area contributed by atoms with Gasteiger partial charge in [-0.05, 0) is 30.4 Å². The molecule has 98 valence electrons. The summed E-state index contributed by atoms with van der Waals surface area (Å²) in [6.07, 6.45) is 2.37. The van der Waals surface area contributed by atoms with Gasteiger partial charge in [-0.1, -0.05) is 11.6 Å². The zero-order valence-corrected chi connectivity index (χ0v) is 11.2. The molecule has 0 aliphatic heterocycles. The molecular weight excluding hydrogens is 254 g/mol. The van der Waals surface area contributed by atoms with Gasteiger partial charge in [0.05, 0.1) is 20.1 Å². The smallest absolute Gasteiger partial charge is 0.137 e. The van der Waals surface area contributed by atoms with Crippen LogP contribution in [0.15, 0.2) is 24.3 Å². The fourth-order valence-electron chi connectivity index (χ4n) is 1.30. The first-order chi connectivity index (χ1) is 8.49. The molecule has 0 bridgehead atoms. The molecule has 0 amide bonds. The molecule has 1 aromatic rings. The zero-order chi connectivity index (χ0) is 13.5. The molecule has 0 fully saturated rings. The van der Waals surface area contributed by atoms with Crippen molar-refractivity contribution in [2.75, 3.05) is 27.2 Å². The maximum atomic E-state index is 10.4. The van der Waals surface area contributed by atoms with Gasteiger partial charge in [0.2, 0.25) is 0 Å². The number of ether oxygens (including phenoxy) is 1. The van der Waals surface area contributed by atoms with Crippen LogP contribution in [-0.2, 0) is 4.79 Å². The SMILES string of the molecule is C[NH+](C)CCOc1ccc(Cl)cc1/C=C/C(=O)[O-]. The van der Waals surface area contributed by atoms with E-state index >= 15 is 0 Å². The topological polar surface area (TPSA) is 53.8 Å². The van der Waals surface area contributed by atoms with E-state index in [0.29, 0.717) is 22.9 Å². The number of hydrogen-bond donors (Lipinski definition) is 1. The Balaban J connectivity index is 2.79. The second-order valence-corrected chi connectivity index (χ2v) is 4.58. The van der Waals surface area contributed by atoms with Gasteiger partial charge in [-0.15, -0.1) is 0 Å². The molecular formula is C13H16ClNO3. The third-order valence-corrected chi connectivity index (χ3v) is 2.47. The van der Waals surface area contributed by atoms with Gasteiger partial charge in [0.1, 0.15) is 18.9 Å². The summed E-state index contributed by atoms with van der Waals surface area (Å²) in [6, 6.07) is 5.08. The van der Waals surface area contributed by atoms with E-state index in [1.165, 1.54) is 11.0 Å². The number of carboxylic acid groups (broad SMARTS) is 1. The van der Waals surface area contributed by atoms with E-state index in [2.05, 4.69) is 0 Å². The number of likely N-dealkylation sites (N-methyl/N-ethyl adjacent to an activating group) is 1. The Labute approximate surface area is 111 Å². The Bertz CT molecular complexity index is 444. The molecule has 0 radical (unpaired) electrons. The van der Waals surface area contributed by atoms with Crippen LogP contribution in [0.1, 0.15) is 5.56 Å². The number of halogens is 1. The van der Waals surface area contributed by atoms with Crippen LogP contribution < -0.4 is 14.7 Å². The normalized spacial score (nSPS) is 11.1. The number of carboxylic acids is 1. The van der Waals surface area contributed by atoms with Crippen LogP contribution in [0.2, 0.25) is 5.02 Å². The van der Waals surface area contributed by atoms with Crippen LogP contribution in [0.3, 0.4) is 0 Å². The standard InChI is InChI=1S/C13H16ClNO3/c1-15(2)7-8-18-12-5-4-11(14)9-10(12)3-6-13(16)17/h3-6,9H,7-8H2,1-2H3,(H,16,17)/b6-3+. The Morgan fingerprint density at radius 3 is 2.83 bits per heavy atom. The summed E-state index contributed by atoms with van der Waals surface area (Å²) < 4.78 is 5.59. The van der Waals surface area contributed by atoms with Crippen LogP contribution >= 0.6 is 11.6 Å². The van der Waals surface area contributed by atoms with E-state index < -0.39 is 5.97 Å². The lowest BCUT2D eigenvalue weighted by molar-refractivity contribution is -0.858. The minimum absolute atomic E-state index is 0.526. The van der Waals surface area contributed by atoms with E-state index in [0.717, 1.165) is 12.6 Å². The van der Waals surface area contributed by atoms with Gasteiger partial charge < -0.3 is 19.5 Å². The van der Waals surface area contributed by atoms with Crippen LogP contribution in [0.5, 0.6) is 5.75 Å². The second kappa shape index (κ2) is 7.03. The average molecular weight is 270 g/mol. The Hall–Kier alpha value is -1.52. The summed E-state index contributed by atoms with van der Waals surface area (Å²) in [5.74, 6) is -0.642. The molecule has 0 atom stereocenters. The van der Waals surface area contributed by atoms with Crippen molar-refractivity contribution in [1.29, 1.82) is 0 Å². The second-order valence-electron chi connectivity index (χ2n) is 4.14. The third kappa shape index (κ3) is 5.21. The molecule has 4 nitrogen and oxygen atoms in total. The average Bonchev–Trinajstić information content (AvgIpc) is 2.28. The van der Waals surface area contributed by atoms with E-state index in [-0.39, 0.29) is 0 Å². The van der Waals surface area contributed by atoms with Gasteiger partial charge in [0.25, 0.3) is 0 Å². The summed E-state index contributed by atoms with van der Waals surface area (Å²) in [5.41, 5.74) is 0.625. The van der Waals surface area contributed by atoms with Gasteiger partial charge >= 0.3 is 0 Å². The Morgan fingerprint density at radius 2 is 2.22 bits per heavy atom. The first kappa shape index (κ1) is 14.5. The largest absolute Gasteiger partial charge is 0.545 e. The van der Waals surface area contributed by atoms with Crippen molar-refractivity contribution in [3.63, 3.8) is 0 Å². The maximum absolute atomic E-state index is 10.4. The van der Waals surface area contributed by atoms with Crippen molar-refractivity contribution < 1.29 is 19.5 Å². The highest BCUT2D eigenvalue weighted by atomic mass is 35.5. The van der Waals surface area contributed by atoms with Gasteiger partial charge in [-0.3, -0.25) is 0 Å². The van der Waals surface area contributed by atoms with Crippen molar-refractivity contribution in [2.45, 2.75) is 0 Å². The number of hydrogen-bond acceptors (Lipinski definition) is 3. The van der Waals surface area contributed by atoms with Crippen molar-refractivity contribution in [3.8, 4) is 5.75 Å². The van der Waals surface area contributed by atoms with E-state index in [9.17, 15) is 9.90 Å². The minimum Gasteiger partial charge on any atom is -0.545 e. The maximum Gasteiger partial charge on any atom is 0.137 e. The van der Waals surface area contributed by atoms with Crippen LogP contribution in [-0.4, -0.2) is 33.2 Å². The third-order valence-electron chi connectivity index (χ3n) is 2.23. The molecule has 0 aromatic heterocycles. The predicted octanol–water partition coefficient (Wildman–Crippen LogP) is -0.374. The van der Waals surface area contributed by atoms with Crippen LogP contribution in [0.4, 0.5) is 0 Å². The summed E-state index contributed by atoms with van der Waals surface area (Å²) in [4.78, 5) is 11.7. The van der Waals surface area contributed by atoms with Crippen LogP contribution in [0, 0.1) is 0 Å². The molecule has 1 N–H and O–H groups in total. The molecule has 0 aliphatic carbocycles. The zero-order valence-electron chi connectivity index (χ0n) is 10.4. The number of quaternary nitrogens is 1. The fourth-order valence-corrected chi connectivity index (χ4v) is 1.48. The highest BCUT2D eigenvalue weighted by Gasteiger charge is 2.03. The molecule has 1 rings (SSSR count). The first-order valence-electron chi connectivity index (χ1n) is 5.59. The van der Waals surface area contributed by atoms with Crippen molar-refractivity contribution in [1.82, 2.24) is 0 Å². The summed E-state index contributed by atoms with van der Waals surface area (Å²) >= 11 is 5.86.